The summed E-state index contributed by atoms with van der Waals surface area (Å²) in [6.07, 6.45) is 0. The minimum atomic E-state index is -5.17. The molecule has 11 heteroatoms. The van der Waals surface area contributed by atoms with Gasteiger partial charge in [0.2, 0.25) is 0 Å². The van der Waals surface area contributed by atoms with Gasteiger partial charge in [-0.05, 0) is 0 Å². The van der Waals surface area contributed by atoms with Crippen LogP contribution >= 0.6 is 0 Å². The molecule has 0 aromatic rings. The van der Waals surface area contributed by atoms with Crippen molar-refractivity contribution in [2.24, 2.45) is 0 Å². The fourth-order valence-electron chi connectivity index (χ4n) is 0. The van der Waals surface area contributed by atoms with Crippen molar-refractivity contribution < 1.29 is 56.2 Å². The Morgan fingerprint density at radius 1 is 1.09 bits per heavy atom. The van der Waals surface area contributed by atoms with E-state index in [9.17, 15) is 0 Å². The first-order valence-electron chi connectivity index (χ1n) is 1.21. The molecule has 0 aliphatic rings. The molecule has 8 nitrogen and oxygen atoms in total. The monoisotopic (exact) mass is 279 g/mol. The second kappa shape index (κ2) is 10.1. The van der Waals surface area contributed by atoms with Crippen LogP contribution in [0.15, 0.2) is 0 Å². The van der Waals surface area contributed by atoms with Gasteiger partial charge < -0.3 is 24.4 Å². The average Bonchev–Trinajstić information content (AvgIpc) is 1.19. The predicted molar refractivity (Wildman–Crippen MR) is 20.8 cm³/mol. The number of hydrogen-bond donors (Lipinski definition) is 0. The van der Waals surface area contributed by atoms with Gasteiger partial charge in [0.15, 0.2) is 0 Å². The van der Waals surface area contributed by atoms with Gasteiger partial charge in [0, 0.05) is 10.4 Å². The molecular formula is CuNNiO7S. The Hall–Kier alpha value is 0.0830. The Balaban J connectivity index is -0.0000000383. The summed E-state index contributed by atoms with van der Waals surface area (Å²) in [7, 11) is -5.17. The van der Waals surface area contributed by atoms with Gasteiger partial charge in [0.1, 0.15) is 0 Å². The van der Waals surface area contributed by atoms with E-state index < -0.39 is 15.5 Å². The zero-order valence-corrected chi connectivity index (χ0v) is 7.08. The van der Waals surface area contributed by atoms with Gasteiger partial charge >= 0.3 is 33.6 Å². The van der Waals surface area contributed by atoms with Crippen molar-refractivity contribution in [3.63, 3.8) is 0 Å². The Labute approximate surface area is 82.1 Å². The fourth-order valence-corrected chi connectivity index (χ4v) is 0. The summed E-state index contributed by atoms with van der Waals surface area (Å²) < 4.78 is 34.1. The van der Waals surface area contributed by atoms with Crippen LogP contribution in [0.1, 0.15) is 0 Å². The van der Waals surface area contributed by atoms with E-state index in [0.717, 1.165) is 0 Å². The van der Waals surface area contributed by atoms with Crippen molar-refractivity contribution >= 4 is 10.4 Å². The summed E-state index contributed by atoms with van der Waals surface area (Å²) in [6.45, 7) is 0. The molecule has 0 radical (unpaired) electrons. The van der Waals surface area contributed by atoms with Crippen molar-refractivity contribution in [2.75, 3.05) is 0 Å². The Bertz CT molecular complexity index is 161. The van der Waals surface area contributed by atoms with Crippen LogP contribution < -0.4 is 0 Å². The Morgan fingerprint density at radius 3 is 1.09 bits per heavy atom. The van der Waals surface area contributed by atoms with E-state index in [-0.39, 0.29) is 33.6 Å². The van der Waals surface area contributed by atoms with Crippen molar-refractivity contribution in [1.29, 1.82) is 0 Å². The van der Waals surface area contributed by atoms with Crippen LogP contribution in [0.25, 0.3) is 0 Å². The van der Waals surface area contributed by atoms with Crippen molar-refractivity contribution in [3.8, 4) is 0 Å². The van der Waals surface area contributed by atoms with E-state index in [1.54, 1.807) is 0 Å². The summed E-state index contributed by atoms with van der Waals surface area (Å²) >= 11 is 0. The summed E-state index contributed by atoms with van der Waals surface area (Å²) in [5, 5.41) is 14.8. The average molecular weight is 280 g/mol. The largest absolute Gasteiger partial charge is 2.00 e. The van der Waals surface area contributed by atoms with Gasteiger partial charge in [0.25, 0.3) is 0 Å². The molecule has 11 heavy (non-hydrogen) atoms. The molecule has 74 valence electrons. The molecule has 0 aliphatic carbocycles. The maximum absolute atomic E-state index is 8.52. The zero-order chi connectivity index (χ0) is 8.08. The molecule has 0 aromatic heterocycles. The number of rotatable bonds is 0. The normalized spacial score (nSPS) is 7.45. The minimum absolute atomic E-state index is 0. The van der Waals surface area contributed by atoms with Crippen molar-refractivity contribution in [3.05, 3.63) is 15.3 Å². The van der Waals surface area contributed by atoms with Crippen LogP contribution in [0.5, 0.6) is 0 Å². The summed E-state index contributed by atoms with van der Waals surface area (Å²) in [6, 6.07) is 0. The smallest absolute Gasteiger partial charge is 0.759 e. The molecule has 0 aliphatic heterocycles. The predicted octanol–water partition coefficient (Wildman–Crippen LogP) is -1.58. The van der Waals surface area contributed by atoms with E-state index in [1.165, 1.54) is 0 Å². The first-order chi connectivity index (χ1) is 3.73. The van der Waals surface area contributed by atoms with E-state index in [1.807, 2.05) is 0 Å². The standard InChI is InChI=1S/Cu.NO3.Ni.H2O4S/c;2-1(3)4;;1-5(2,3)4/h;;;(H2,1,2,3,4)/q+1;-1;+2;/p-2. The van der Waals surface area contributed by atoms with Crippen LogP contribution in [0, 0.1) is 15.3 Å². The molecule has 0 bridgehead atoms. The van der Waals surface area contributed by atoms with Crippen LogP contribution in [-0.2, 0) is 44.0 Å². The molecule has 0 atom stereocenters. The molecule has 0 spiro atoms. The fraction of sp³-hybridized carbons (Fsp3) is 0. The third-order valence-electron chi connectivity index (χ3n) is 0. The van der Waals surface area contributed by atoms with Crippen molar-refractivity contribution in [2.45, 2.75) is 0 Å². The number of hydrogen-bond acceptors (Lipinski definition) is 7. The summed E-state index contributed by atoms with van der Waals surface area (Å²) in [5.41, 5.74) is 0. The third-order valence-corrected chi connectivity index (χ3v) is 0. The van der Waals surface area contributed by atoms with E-state index in [4.69, 9.17) is 32.8 Å². The molecule has 0 saturated heterocycles. The molecule has 0 heterocycles. The zero-order valence-electron chi connectivity index (χ0n) is 4.33. The van der Waals surface area contributed by atoms with Gasteiger partial charge in [-0.25, -0.2) is 0 Å². The number of nitrogens with zero attached hydrogens (tertiary/aromatic N) is 1. The quantitative estimate of drug-likeness (QED) is 0.171. The van der Waals surface area contributed by atoms with Crippen LogP contribution in [0.3, 0.4) is 0 Å². The van der Waals surface area contributed by atoms with Gasteiger partial charge in [-0.1, -0.05) is 0 Å². The molecule has 0 aromatic carbocycles. The van der Waals surface area contributed by atoms with Crippen LogP contribution in [0.4, 0.5) is 0 Å². The molecule has 0 fully saturated rings. The first kappa shape index (κ1) is 22.5. The van der Waals surface area contributed by atoms with Gasteiger partial charge in [-0.3, -0.25) is 8.42 Å². The van der Waals surface area contributed by atoms with Crippen LogP contribution in [0.2, 0.25) is 0 Å². The third kappa shape index (κ3) is 95700. The van der Waals surface area contributed by atoms with Gasteiger partial charge in [-0.2, -0.15) is 0 Å². The first-order valence-corrected chi connectivity index (χ1v) is 2.55. The maximum Gasteiger partial charge on any atom is 2.00 e. The van der Waals surface area contributed by atoms with E-state index in [2.05, 4.69) is 0 Å². The molecule has 0 unspecified atom stereocenters. The second-order valence-electron chi connectivity index (χ2n) is 0.632. The SMILES string of the molecule is O=S(=O)([O-])[O-].O=[N+]([O-])[O-].[Cu+].[Ni+2]. The van der Waals surface area contributed by atoms with Gasteiger partial charge in [0.05, 0.1) is 5.09 Å². The van der Waals surface area contributed by atoms with Crippen molar-refractivity contribution in [1.82, 2.24) is 0 Å². The molecule has 0 rings (SSSR count). The summed E-state index contributed by atoms with van der Waals surface area (Å²) in [4.78, 5) is 8.25. The topological polar surface area (TPSA) is 146 Å². The summed E-state index contributed by atoms with van der Waals surface area (Å²) in [5.74, 6) is 0. The molecular weight excluding hydrogens is 280 g/mol. The Kier molecular flexibility index (Phi) is 20.6. The second-order valence-corrected chi connectivity index (χ2v) is 1.45. The van der Waals surface area contributed by atoms with E-state index >= 15 is 0 Å². The minimum Gasteiger partial charge on any atom is -0.759 e. The van der Waals surface area contributed by atoms with Gasteiger partial charge in [-0.15, -0.1) is 0 Å². The van der Waals surface area contributed by atoms with Crippen LogP contribution in [-0.4, -0.2) is 22.6 Å². The molecule has 0 amide bonds. The molecule has 0 saturated carbocycles. The molecule has 0 N–H and O–H groups in total. The Morgan fingerprint density at radius 2 is 1.09 bits per heavy atom. The maximum atomic E-state index is 8.52. The van der Waals surface area contributed by atoms with E-state index in [0.29, 0.717) is 0 Å².